The molecule has 0 saturated carbocycles. The van der Waals surface area contributed by atoms with Crippen LogP contribution in [0.15, 0.2) is 0 Å². The van der Waals surface area contributed by atoms with Crippen LogP contribution < -0.4 is 5.73 Å². The van der Waals surface area contributed by atoms with E-state index in [1.165, 1.54) is 84.0 Å². The number of nitrogens with two attached hydrogens (primary N) is 1. The maximum absolute atomic E-state index is 11.6. The number of hydrogen-bond donors (Lipinski definition) is 1. The van der Waals surface area contributed by atoms with E-state index < -0.39 is 21.3 Å². The number of carbonyl (C=O) groups excluding carboxylic acids is 1. The van der Waals surface area contributed by atoms with Crippen LogP contribution in [-0.2, 0) is 19.1 Å². The Labute approximate surface area is 196 Å². The van der Waals surface area contributed by atoms with E-state index in [1.54, 1.807) is 0 Å². The van der Waals surface area contributed by atoms with Crippen LogP contribution in [0.4, 0.5) is 0 Å². The first-order valence-electron chi connectivity index (χ1n) is 11.1. The van der Waals surface area contributed by atoms with E-state index in [2.05, 4.69) is 11.1 Å². The van der Waals surface area contributed by atoms with E-state index in [4.69, 9.17) is 5.73 Å². The second-order valence-corrected chi connectivity index (χ2v) is 9.65. The summed E-state index contributed by atoms with van der Waals surface area (Å²) in [5.74, 6) is -0.662. The Balaban J connectivity index is 0. The summed E-state index contributed by atoms with van der Waals surface area (Å²) in [7, 11) is -3.85. The summed E-state index contributed by atoms with van der Waals surface area (Å²) < 4.78 is 27.8. The molecule has 0 heterocycles. The molecule has 0 fully saturated rings. The van der Waals surface area contributed by atoms with E-state index in [1.807, 2.05) is 0 Å². The zero-order valence-corrected chi connectivity index (χ0v) is 18.5. The van der Waals surface area contributed by atoms with Crippen molar-refractivity contribution in [3.63, 3.8) is 0 Å². The molecule has 0 aliphatic rings. The van der Waals surface area contributed by atoms with Gasteiger partial charge < -0.3 is 9.92 Å². The molecule has 1 atom stereocenters. The molecule has 0 rings (SSSR count). The van der Waals surface area contributed by atoms with E-state index in [-0.39, 0.29) is 42.5 Å². The summed E-state index contributed by atoms with van der Waals surface area (Å²) in [4.78, 5) is 11.6. The molecule has 28 heavy (non-hydrogen) atoms. The zero-order valence-electron chi connectivity index (χ0n) is 17.7. The Hall–Kier alpha value is 0.380. The van der Waals surface area contributed by atoms with Crippen molar-refractivity contribution in [3.05, 3.63) is 0 Å². The fraction of sp³-hybridized carbons (Fsp3) is 0.952. The molecule has 164 valence electrons. The Morgan fingerprint density at radius 2 is 1.14 bits per heavy atom. The van der Waals surface area contributed by atoms with Gasteiger partial charge in [-0.05, 0) is 13.3 Å². The van der Waals surface area contributed by atoms with Crippen molar-refractivity contribution < 1.29 is 17.4 Å². The molecule has 5 nitrogen and oxygen atoms in total. The van der Waals surface area contributed by atoms with Crippen LogP contribution in [0.1, 0.15) is 117 Å². The Kier molecular flexibility index (Phi) is 22.5. The van der Waals surface area contributed by atoms with Crippen molar-refractivity contribution in [1.29, 1.82) is 0 Å². The number of hydrogen-bond acceptors (Lipinski definition) is 5. The minimum atomic E-state index is -3.85. The predicted molar refractivity (Wildman–Crippen MR) is 120 cm³/mol. The quantitative estimate of drug-likeness (QED) is 0.181. The summed E-state index contributed by atoms with van der Waals surface area (Å²) in [6, 6.07) is 0. The number of rotatable bonds is 19. The zero-order chi connectivity index (χ0) is 20.4. The van der Waals surface area contributed by atoms with Crippen LogP contribution in [0.2, 0.25) is 0 Å². The molecular formula is C21H44NNaO4S. The Morgan fingerprint density at radius 3 is 1.50 bits per heavy atom. The molecule has 0 aliphatic carbocycles. The maximum atomic E-state index is 11.6. The van der Waals surface area contributed by atoms with Gasteiger partial charge in [0.05, 0.1) is 0 Å². The van der Waals surface area contributed by atoms with Gasteiger partial charge in [-0.2, -0.15) is 8.42 Å². The predicted octanol–water partition coefficient (Wildman–Crippen LogP) is 4.82. The van der Waals surface area contributed by atoms with Gasteiger partial charge in [-0.25, -0.2) is 0 Å². The first-order chi connectivity index (χ1) is 12.9. The molecule has 0 spiro atoms. The van der Waals surface area contributed by atoms with Crippen LogP contribution in [0.25, 0.3) is 0 Å². The summed E-state index contributed by atoms with van der Waals surface area (Å²) in [6.45, 7) is 3.65. The standard InChI is InChI=1S/C21H43NO4S.Na.H/c1-3-4-5-6-7-8-9-10-11-12-13-14-15-16-17-18-21(23)26-27(24,25)20(2)19-22;;/h20H,3-19,22H2,1-2H3;;. The van der Waals surface area contributed by atoms with Crippen molar-refractivity contribution in [1.82, 2.24) is 0 Å². The molecule has 0 aliphatic heterocycles. The molecule has 0 saturated heterocycles. The van der Waals surface area contributed by atoms with Crippen molar-refractivity contribution in [2.24, 2.45) is 5.73 Å². The van der Waals surface area contributed by atoms with E-state index in [9.17, 15) is 13.2 Å². The number of unbranched alkanes of at least 4 members (excludes halogenated alkanes) is 14. The third kappa shape index (κ3) is 18.4. The molecule has 0 bridgehead atoms. The van der Waals surface area contributed by atoms with Crippen molar-refractivity contribution in [3.8, 4) is 0 Å². The topological polar surface area (TPSA) is 86.5 Å². The van der Waals surface area contributed by atoms with Gasteiger partial charge in [0.2, 0.25) is 0 Å². The fourth-order valence-corrected chi connectivity index (χ4v) is 3.75. The molecule has 0 amide bonds. The van der Waals surface area contributed by atoms with Crippen LogP contribution in [-0.4, -0.2) is 55.7 Å². The van der Waals surface area contributed by atoms with Gasteiger partial charge in [0.15, 0.2) is 0 Å². The Morgan fingerprint density at radius 1 is 0.786 bits per heavy atom. The molecule has 0 aromatic heterocycles. The van der Waals surface area contributed by atoms with E-state index in [0.717, 1.165) is 12.8 Å². The van der Waals surface area contributed by atoms with Crippen LogP contribution in [0.5, 0.6) is 0 Å². The van der Waals surface area contributed by atoms with Crippen molar-refractivity contribution in [2.75, 3.05) is 6.54 Å². The van der Waals surface area contributed by atoms with E-state index in [0.29, 0.717) is 6.42 Å². The molecule has 0 aromatic carbocycles. The van der Waals surface area contributed by atoms with Crippen LogP contribution in [0.3, 0.4) is 0 Å². The van der Waals surface area contributed by atoms with Gasteiger partial charge >= 0.3 is 45.6 Å². The van der Waals surface area contributed by atoms with Crippen molar-refractivity contribution >= 4 is 45.6 Å². The average molecular weight is 430 g/mol. The van der Waals surface area contributed by atoms with Gasteiger partial charge in [0.1, 0.15) is 5.25 Å². The molecular weight excluding hydrogens is 385 g/mol. The molecule has 0 aromatic rings. The minimum absolute atomic E-state index is 0. The third-order valence-electron chi connectivity index (χ3n) is 5.02. The first-order valence-corrected chi connectivity index (χ1v) is 12.6. The normalized spacial score (nSPS) is 12.4. The number of carbonyl (C=O) groups is 1. The van der Waals surface area contributed by atoms with Gasteiger partial charge in [-0.3, -0.25) is 4.79 Å². The van der Waals surface area contributed by atoms with Crippen LogP contribution in [0, 0.1) is 0 Å². The summed E-state index contributed by atoms with van der Waals surface area (Å²) in [5.41, 5.74) is 5.30. The molecule has 2 N–H and O–H groups in total. The van der Waals surface area contributed by atoms with Gasteiger partial charge in [-0.15, -0.1) is 0 Å². The molecule has 0 radical (unpaired) electrons. The first kappa shape index (κ1) is 30.6. The average Bonchev–Trinajstić information content (AvgIpc) is 2.63. The fourth-order valence-electron chi connectivity index (χ4n) is 3.01. The Bertz CT molecular complexity index is 457. The summed E-state index contributed by atoms with van der Waals surface area (Å²) in [5, 5.41) is -0.845. The molecule has 1 unspecified atom stereocenters. The summed E-state index contributed by atoms with van der Waals surface area (Å²) >= 11 is 0. The molecule has 7 heteroatoms. The third-order valence-corrected chi connectivity index (χ3v) is 6.61. The SMILES string of the molecule is CCCCCCCCCCCCCCCCCC(=O)OS(=O)(=O)C(C)CN.[NaH]. The van der Waals surface area contributed by atoms with Gasteiger partial charge in [0, 0.05) is 13.0 Å². The van der Waals surface area contributed by atoms with Gasteiger partial charge in [0.25, 0.3) is 0 Å². The van der Waals surface area contributed by atoms with Crippen molar-refractivity contribution in [2.45, 2.75) is 122 Å². The summed E-state index contributed by atoms with van der Waals surface area (Å²) in [6.07, 6.45) is 19.0. The second kappa shape index (κ2) is 20.6. The van der Waals surface area contributed by atoms with E-state index >= 15 is 0 Å². The monoisotopic (exact) mass is 429 g/mol. The van der Waals surface area contributed by atoms with Gasteiger partial charge in [-0.1, -0.05) is 96.8 Å². The second-order valence-electron chi connectivity index (χ2n) is 7.69. The van der Waals surface area contributed by atoms with Crippen LogP contribution >= 0.6 is 0 Å².